The predicted molar refractivity (Wildman–Crippen MR) is 127 cm³/mol. The van der Waals surface area contributed by atoms with Gasteiger partial charge in [-0.2, -0.15) is 0 Å². The van der Waals surface area contributed by atoms with E-state index in [-0.39, 0.29) is 0 Å². The molecule has 4 aromatic carbocycles. The summed E-state index contributed by atoms with van der Waals surface area (Å²) in [4.78, 5) is 1.18. The molecule has 0 fully saturated rings. The van der Waals surface area contributed by atoms with Crippen LogP contribution in [-0.2, 0) is 0 Å². The van der Waals surface area contributed by atoms with Crippen molar-refractivity contribution >= 4 is 35.4 Å². The van der Waals surface area contributed by atoms with Gasteiger partial charge in [0.05, 0.1) is 5.73 Å². The van der Waals surface area contributed by atoms with E-state index in [1.165, 1.54) is 20.5 Å². The first kappa shape index (κ1) is 19.7. The summed E-state index contributed by atoms with van der Waals surface area (Å²) in [5, 5.41) is 15.5. The summed E-state index contributed by atoms with van der Waals surface area (Å²) in [6.07, 6.45) is 0. The Balaban J connectivity index is 1.85. The average molecular weight is 413 g/mol. The minimum atomic E-state index is -2.65. The van der Waals surface area contributed by atoms with Crippen LogP contribution < -0.4 is 15.6 Å². The minimum Gasteiger partial charge on any atom is -0.394 e. The highest BCUT2D eigenvalue weighted by molar-refractivity contribution is 7.99. The third-order valence-electron chi connectivity index (χ3n) is 5.34. The number of benzene rings is 4. The molecule has 4 rings (SSSR count). The molecular formula is C26H24OSSi. The van der Waals surface area contributed by atoms with Gasteiger partial charge < -0.3 is 5.11 Å². The molecule has 3 heteroatoms. The molecule has 0 saturated heterocycles. The second-order valence-electron chi connectivity index (χ2n) is 7.05. The van der Waals surface area contributed by atoms with E-state index in [4.69, 9.17) is 0 Å². The van der Waals surface area contributed by atoms with Crippen LogP contribution in [0.5, 0.6) is 0 Å². The molecular weight excluding hydrogens is 388 g/mol. The van der Waals surface area contributed by atoms with Crippen LogP contribution in [0.2, 0.25) is 0 Å². The standard InChI is InChI=1S/C26H24OSSi/c27-26(21-28-22-13-5-1-6-14-22)29(23-15-7-2-8-16-23,24-17-9-3-10-18-24)25-19-11-4-12-20-25/h1-20,26-27H,21H2. The highest BCUT2D eigenvalue weighted by Gasteiger charge is 2.45. The Morgan fingerprint density at radius 2 is 0.897 bits per heavy atom. The maximum absolute atomic E-state index is 11.8. The molecule has 0 aliphatic carbocycles. The molecule has 0 aliphatic heterocycles. The lowest BCUT2D eigenvalue weighted by Crippen LogP contribution is -2.74. The van der Waals surface area contributed by atoms with E-state index in [1.54, 1.807) is 11.8 Å². The van der Waals surface area contributed by atoms with Crippen LogP contribution in [0.15, 0.2) is 126 Å². The molecule has 0 spiro atoms. The van der Waals surface area contributed by atoms with Crippen molar-refractivity contribution in [2.45, 2.75) is 10.6 Å². The van der Waals surface area contributed by atoms with Gasteiger partial charge in [-0.25, -0.2) is 0 Å². The van der Waals surface area contributed by atoms with E-state index >= 15 is 0 Å². The van der Waals surface area contributed by atoms with Gasteiger partial charge in [0, 0.05) is 10.6 Å². The van der Waals surface area contributed by atoms with Crippen LogP contribution in [0.1, 0.15) is 0 Å². The lowest BCUT2D eigenvalue weighted by molar-refractivity contribution is 0.272. The Morgan fingerprint density at radius 1 is 0.552 bits per heavy atom. The first-order valence-electron chi connectivity index (χ1n) is 9.84. The molecule has 0 radical (unpaired) electrons. The van der Waals surface area contributed by atoms with E-state index in [9.17, 15) is 5.11 Å². The van der Waals surface area contributed by atoms with E-state index in [0.29, 0.717) is 5.75 Å². The Labute approximate surface area is 178 Å². The molecule has 1 N–H and O–H groups in total. The van der Waals surface area contributed by atoms with Gasteiger partial charge in [0.1, 0.15) is 0 Å². The van der Waals surface area contributed by atoms with Crippen molar-refractivity contribution in [2.75, 3.05) is 5.75 Å². The average Bonchev–Trinajstić information content (AvgIpc) is 2.81. The van der Waals surface area contributed by atoms with E-state index in [2.05, 4.69) is 84.9 Å². The van der Waals surface area contributed by atoms with Gasteiger partial charge in [-0.1, -0.05) is 109 Å². The van der Waals surface area contributed by atoms with Crippen molar-refractivity contribution in [3.63, 3.8) is 0 Å². The lowest BCUT2D eigenvalue weighted by Gasteiger charge is -2.37. The van der Waals surface area contributed by atoms with Crippen LogP contribution in [0, 0.1) is 0 Å². The van der Waals surface area contributed by atoms with E-state index in [1.807, 2.05) is 36.4 Å². The van der Waals surface area contributed by atoms with Crippen molar-refractivity contribution in [1.82, 2.24) is 0 Å². The van der Waals surface area contributed by atoms with Crippen LogP contribution in [-0.4, -0.2) is 24.7 Å². The Hall–Kier alpha value is -2.59. The summed E-state index contributed by atoms with van der Waals surface area (Å²) in [5.74, 6) is 0.648. The lowest BCUT2D eigenvalue weighted by atomic mass is 10.3. The molecule has 0 heterocycles. The zero-order valence-corrected chi connectivity index (χ0v) is 18.0. The number of aliphatic hydroxyl groups is 1. The van der Waals surface area contributed by atoms with Gasteiger partial charge in [-0.05, 0) is 27.7 Å². The zero-order chi connectivity index (χ0) is 19.9. The Morgan fingerprint density at radius 3 is 1.28 bits per heavy atom. The topological polar surface area (TPSA) is 20.2 Å². The number of hydrogen-bond acceptors (Lipinski definition) is 2. The monoisotopic (exact) mass is 412 g/mol. The number of rotatable bonds is 7. The van der Waals surface area contributed by atoms with Crippen LogP contribution in [0.4, 0.5) is 0 Å². The van der Waals surface area contributed by atoms with Gasteiger partial charge in [-0.3, -0.25) is 0 Å². The second-order valence-corrected chi connectivity index (χ2v) is 12.2. The first-order valence-corrected chi connectivity index (χ1v) is 12.9. The summed E-state index contributed by atoms with van der Waals surface area (Å²) in [6.45, 7) is 0. The SMILES string of the molecule is OC(CSc1ccccc1)[Si](c1ccccc1)(c1ccccc1)c1ccccc1. The van der Waals surface area contributed by atoms with Crippen LogP contribution >= 0.6 is 11.8 Å². The minimum absolute atomic E-state index is 0.472. The highest BCUT2D eigenvalue weighted by atomic mass is 32.2. The predicted octanol–water partition coefficient (Wildman–Crippen LogP) is 3.85. The molecule has 0 saturated carbocycles. The molecule has 0 aromatic heterocycles. The van der Waals surface area contributed by atoms with Crippen molar-refractivity contribution in [2.24, 2.45) is 0 Å². The van der Waals surface area contributed by atoms with Crippen LogP contribution in [0.3, 0.4) is 0 Å². The van der Waals surface area contributed by atoms with Crippen LogP contribution in [0.25, 0.3) is 0 Å². The summed E-state index contributed by atoms with van der Waals surface area (Å²) in [7, 11) is -2.65. The van der Waals surface area contributed by atoms with E-state index in [0.717, 1.165) is 0 Å². The van der Waals surface area contributed by atoms with Crippen molar-refractivity contribution in [3.8, 4) is 0 Å². The van der Waals surface area contributed by atoms with Gasteiger partial charge in [-0.15, -0.1) is 11.8 Å². The summed E-state index contributed by atoms with van der Waals surface area (Å²) < 4.78 is 0. The molecule has 1 atom stereocenters. The van der Waals surface area contributed by atoms with E-state index < -0.39 is 13.8 Å². The fourth-order valence-corrected chi connectivity index (χ4v) is 10.3. The Bertz CT molecular complexity index is 911. The fraction of sp³-hybridized carbons (Fsp3) is 0.0769. The largest absolute Gasteiger partial charge is 0.394 e. The highest BCUT2D eigenvalue weighted by Crippen LogP contribution is 2.22. The summed E-state index contributed by atoms with van der Waals surface area (Å²) >= 11 is 1.72. The molecule has 0 aliphatic rings. The molecule has 144 valence electrons. The van der Waals surface area contributed by atoms with Gasteiger partial charge in [0.25, 0.3) is 0 Å². The third-order valence-corrected chi connectivity index (χ3v) is 11.7. The maximum Gasteiger partial charge on any atom is 0.179 e. The van der Waals surface area contributed by atoms with Gasteiger partial charge in [0.15, 0.2) is 8.07 Å². The van der Waals surface area contributed by atoms with Crippen molar-refractivity contribution < 1.29 is 5.11 Å². The van der Waals surface area contributed by atoms with Crippen molar-refractivity contribution in [3.05, 3.63) is 121 Å². The maximum atomic E-state index is 11.8. The zero-order valence-electron chi connectivity index (χ0n) is 16.2. The molecule has 29 heavy (non-hydrogen) atoms. The molecule has 4 aromatic rings. The molecule has 0 bridgehead atoms. The summed E-state index contributed by atoms with van der Waals surface area (Å²) in [6, 6.07) is 42.1. The quantitative estimate of drug-likeness (QED) is 0.283. The fourth-order valence-electron chi connectivity index (χ4n) is 4.00. The summed E-state index contributed by atoms with van der Waals surface area (Å²) in [5.41, 5.74) is -0.472. The smallest absolute Gasteiger partial charge is 0.179 e. The number of aliphatic hydroxyl groups excluding tert-OH is 1. The second kappa shape index (κ2) is 9.27. The molecule has 1 unspecified atom stereocenters. The normalized spacial score (nSPS) is 12.4. The first-order chi connectivity index (χ1) is 14.3. The molecule has 0 amide bonds. The Kier molecular flexibility index (Phi) is 6.30. The van der Waals surface area contributed by atoms with Crippen molar-refractivity contribution in [1.29, 1.82) is 0 Å². The molecule has 1 nitrogen and oxygen atoms in total. The van der Waals surface area contributed by atoms with Gasteiger partial charge >= 0.3 is 0 Å². The number of thioether (sulfide) groups is 1. The third kappa shape index (κ3) is 4.08. The number of hydrogen-bond donors (Lipinski definition) is 1. The van der Waals surface area contributed by atoms with Gasteiger partial charge in [0.2, 0.25) is 0 Å².